The van der Waals surface area contributed by atoms with Gasteiger partial charge in [0.15, 0.2) is 0 Å². The maximum atomic E-state index is 11.8. The Kier molecular flexibility index (Phi) is 6.24. The standard InChI is InChI=1S/C16H28N4O2/c1-12-6-4-5-7-15(12)22-9-8-17-16(21)19-13(2)14-10-18-20(3)11-14/h10-13,15H,4-9H2,1-3H3,(H2,17,19,21)/t12-,13+,15+/m1/s1. The van der Waals surface area contributed by atoms with Crippen LogP contribution in [0.4, 0.5) is 4.79 Å². The third-order valence-corrected chi connectivity index (χ3v) is 4.32. The molecule has 1 aliphatic rings. The second kappa shape index (κ2) is 8.17. The topological polar surface area (TPSA) is 68.2 Å². The summed E-state index contributed by atoms with van der Waals surface area (Å²) in [4.78, 5) is 11.8. The molecule has 3 atom stereocenters. The lowest BCUT2D eigenvalue weighted by atomic mass is 9.88. The summed E-state index contributed by atoms with van der Waals surface area (Å²) in [5.41, 5.74) is 0.991. The van der Waals surface area contributed by atoms with Gasteiger partial charge in [-0.2, -0.15) is 5.10 Å². The number of ether oxygens (including phenoxy) is 1. The first-order valence-corrected chi connectivity index (χ1v) is 8.20. The molecule has 22 heavy (non-hydrogen) atoms. The van der Waals surface area contributed by atoms with Crippen molar-refractivity contribution in [2.75, 3.05) is 13.2 Å². The highest BCUT2D eigenvalue weighted by molar-refractivity contribution is 5.74. The Bertz CT molecular complexity index is 474. The first-order valence-electron chi connectivity index (χ1n) is 8.20. The zero-order valence-corrected chi connectivity index (χ0v) is 13.8. The molecule has 124 valence electrons. The van der Waals surface area contributed by atoms with Crippen LogP contribution in [0.15, 0.2) is 12.4 Å². The van der Waals surface area contributed by atoms with Gasteiger partial charge in [0.25, 0.3) is 0 Å². The molecule has 1 aromatic rings. The molecule has 6 nitrogen and oxygen atoms in total. The summed E-state index contributed by atoms with van der Waals surface area (Å²) in [6, 6.07) is -0.232. The largest absolute Gasteiger partial charge is 0.376 e. The third-order valence-electron chi connectivity index (χ3n) is 4.32. The Morgan fingerprint density at radius 3 is 2.95 bits per heavy atom. The van der Waals surface area contributed by atoms with E-state index in [1.807, 2.05) is 20.2 Å². The summed E-state index contributed by atoms with van der Waals surface area (Å²) < 4.78 is 7.61. The van der Waals surface area contributed by atoms with Gasteiger partial charge in [-0.25, -0.2) is 4.79 Å². The highest BCUT2D eigenvalue weighted by Gasteiger charge is 2.21. The predicted molar refractivity (Wildman–Crippen MR) is 85.5 cm³/mol. The molecule has 0 bridgehead atoms. The number of aromatic nitrogens is 2. The fraction of sp³-hybridized carbons (Fsp3) is 0.750. The average Bonchev–Trinajstić information content (AvgIpc) is 2.92. The van der Waals surface area contributed by atoms with Crippen molar-refractivity contribution in [1.82, 2.24) is 20.4 Å². The lowest BCUT2D eigenvalue weighted by Gasteiger charge is -2.28. The molecule has 0 unspecified atom stereocenters. The van der Waals surface area contributed by atoms with Gasteiger partial charge in [0.05, 0.1) is 24.9 Å². The number of carbonyl (C=O) groups excluding carboxylic acids is 1. The van der Waals surface area contributed by atoms with Crippen LogP contribution in [0.3, 0.4) is 0 Å². The van der Waals surface area contributed by atoms with Gasteiger partial charge in [-0.05, 0) is 25.7 Å². The SMILES string of the molecule is C[C@H](NC(=O)NCCO[C@H]1CCCC[C@H]1C)c1cnn(C)c1. The van der Waals surface area contributed by atoms with E-state index in [4.69, 9.17) is 4.74 Å². The summed E-state index contributed by atoms with van der Waals surface area (Å²) >= 11 is 0. The normalized spacial score (nSPS) is 23.0. The number of carbonyl (C=O) groups is 1. The zero-order chi connectivity index (χ0) is 15.9. The van der Waals surface area contributed by atoms with Crippen LogP contribution >= 0.6 is 0 Å². The van der Waals surface area contributed by atoms with Crippen molar-refractivity contribution in [2.24, 2.45) is 13.0 Å². The second-order valence-electron chi connectivity index (χ2n) is 6.24. The maximum Gasteiger partial charge on any atom is 0.315 e. The molecular formula is C16H28N4O2. The fourth-order valence-corrected chi connectivity index (χ4v) is 2.90. The molecule has 6 heteroatoms. The molecule has 1 heterocycles. The van der Waals surface area contributed by atoms with Gasteiger partial charge in [-0.15, -0.1) is 0 Å². The number of hydrogen-bond acceptors (Lipinski definition) is 3. The van der Waals surface area contributed by atoms with Crippen LogP contribution in [0.5, 0.6) is 0 Å². The van der Waals surface area contributed by atoms with E-state index >= 15 is 0 Å². The van der Waals surface area contributed by atoms with Crippen LogP contribution in [0.2, 0.25) is 0 Å². The van der Waals surface area contributed by atoms with Crippen LogP contribution in [-0.4, -0.2) is 35.1 Å². The molecule has 2 rings (SSSR count). The van der Waals surface area contributed by atoms with Crippen molar-refractivity contribution < 1.29 is 9.53 Å². The van der Waals surface area contributed by atoms with E-state index in [0.717, 1.165) is 12.0 Å². The van der Waals surface area contributed by atoms with Crippen molar-refractivity contribution in [3.05, 3.63) is 18.0 Å². The quantitative estimate of drug-likeness (QED) is 0.793. The molecule has 0 aromatic carbocycles. The Hall–Kier alpha value is -1.56. The molecule has 1 aliphatic carbocycles. The van der Waals surface area contributed by atoms with E-state index < -0.39 is 0 Å². The van der Waals surface area contributed by atoms with E-state index in [0.29, 0.717) is 25.2 Å². The van der Waals surface area contributed by atoms with E-state index in [1.165, 1.54) is 19.3 Å². The van der Waals surface area contributed by atoms with Crippen molar-refractivity contribution in [3.63, 3.8) is 0 Å². The van der Waals surface area contributed by atoms with Crippen LogP contribution in [0, 0.1) is 5.92 Å². The van der Waals surface area contributed by atoms with Gasteiger partial charge in [-0.3, -0.25) is 4.68 Å². The first-order chi connectivity index (χ1) is 10.6. The van der Waals surface area contributed by atoms with Gasteiger partial charge in [-0.1, -0.05) is 19.8 Å². The van der Waals surface area contributed by atoms with Gasteiger partial charge in [0.2, 0.25) is 0 Å². The number of urea groups is 1. The number of amides is 2. The summed E-state index contributed by atoms with van der Waals surface area (Å²) in [6.07, 6.45) is 8.98. The first kappa shape index (κ1) is 16.8. The number of rotatable bonds is 6. The van der Waals surface area contributed by atoms with E-state index in [9.17, 15) is 4.79 Å². The Labute approximate surface area is 132 Å². The van der Waals surface area contributed by atoms with E-state index in [-0.39, 0.29) is 12.1 Å². The summed E-state index contributed by atoms with van der Waals surface area (Å²) in [5.74, 6) is 0.633. The van der Waals surface area contributed by atoms with Gasteiger partial charge < -0.3 is 15.4 Å². The number of hydrogen-bond donors (Lipinski definition) is 2. The molecule has 2 amide bonds. The molecule has 1 aromatic heterocycles. The maximum absolute atomic E-state index is 11.8. The van der Waals surface area contributed by atoms with E-state index in [1.54, 1.807) is 10.9 Å². The van der Waals surface area contributed by atoms with Crippen molar-refractivity contribution in [1.29, 1.82) is 0 Å². The number of nitrogens with one attached hydrogen (secondary N) is 2. The Balaban J connectivity index is 1.61. The molecule has 1 fully saturated rings. The average molecular weight is 308 g/mol. The molecular weight excluding hydrogens is 280 g/mol. The lowest BCUT2D eigenvalue weighted by Crippen LogP contribution is -2.39. The molecule has 0 aliphatic heterocycles. The van der Waals surface area contributed by atoms with E-state index in [2.05, 4.69) is 22.7 Å². The highest BCUT2D eigenvalue weighted by Crippen LogP contribution is 2.25. The summed E-state index contributed by atoms with van der Waals surface area (Å²) in [6.45, 7) is 5.30. The number of nitrogens with zero attached hydrogens (tertiary/aromatic N) is 2. The van der Waals surface area contributed by atoms with Crippen molar-refractivity contribution in [3.8, 4) is 0 Å². The minimum Gasteiger partial charge on any atom is -0.376 e. The minimum absolute atomic E-state index is 0.0621. The fourth-order valence-electron chi connectivity index (χ4n) is 2.90. The molecule has 1 saturated carbocycles. The molecule has 0 radical (unpaired) electrons. The Morgan fingerprint density at radius 2 is 2.27 bits per heavy atom. The number of aryl methyl sites for hydroxylation is 1. The summed E-state index contributed by atoms with van der Waals surface area (Å²) in [7, 11) is 1.86. The molecule has 0 spiro atoms. The Morgan fingerprint density at radius 1 is 1.50 bits per heavy atom. The minimum atomic E-state index is -0.170. The monoisotopic (exact) mass is 308 g/mol. The molecule has 2 N–H and O–H groups in total. The third kappa shape index (κ3) is 5.02. The van der Waals surface area contributed by atoms with Crippen LogP contribution < -0.4 is 10.6 Å². The summed E-state index contributed by atoms with van der Waals surface area (Å²) in [5, 5.41) is 9.84. The predicted octanol–water partition coefficient (Wildman–Crippen LogP) is 2.38. The van der Waals surface area contributed by atoms with Crippen LogP contribution in [0.25, 0.3) is 0 Å². The second-order valence-corrected chi connectivity index (χ2v) is 6.24. The van der Waals surface area contributed by atoms with Crippen molar-refractivity contribution in [2.45, 2.75) is 51.7 Å². The smallest absolute Gasteiger partial charge is 0.315 e. The lowest BCUT2D eigenvalue weighted by molar-refractivity contribution is -0.00244. The van der Waals surface area contributed by atoms with Gasteiger partial charge >= 0.3 is 6.03 Å². The van der Waals surface area contributed by atoms with Crippen LogP contribution in [-0.2, 0) is 11.8 Å². The van der Waals surface area contributed by atoms with Crippen molar-refractivity contribution >= 4 is 6.03 Å². The highest BCUT2D eigenvalue weighted by atomic mass is 16.5. The molecule has 0 saturated heterocycles. The zero-order valence-electron chi connectivity index (χ0n) is 13.8. The van der Waals surface area contributed by atoms with Crippen LogP contribution in [0.1, 0.15) is 51.1 Å². The van der Waals surface area contributed by atoms with Gasteiger partial charge in [0, 0.05) is 25.4 Å². The van der Waals surface area contributed by atoms with Gasteiger partial charge in [0.1, 0.15) is 0 Å².